The van der Waals surface area contributed by atoms with E-state index in [4.69, 9.17) is 4.42 Å². The summed E-state index contributed by atoms with van der Waals surface area (Å²) in [4.78, 5) is 23.3. The summed E-state index contributed by atoms with van der Waals surface area (Å²) in [6.45, 7) is 7.17. The van der Waals surface area contributed by atoms with E-state index in [0.29, 0.717) is 24.7 Å². The molecule has 1 N–H and O–H groups in total. The zero-order valence-corrected chi connectivity index (χ0v) is 17.6. The average molecular weight is 405 g/mol. The van der Waals surface area contributed by atoms with Crippen molar-refractivity contribution in [2.45, 2.75) is 46.3 Å². The number of hydrogen-bond donors (Lipinski definition) is 1. The van der Waals surface area contributed by atoms with Crippen molar-refractivity contribution in [2.24, 2.45) is 5.92 Å². The van der Waals surface area contributed by atoms with Gasteiger partial charge in [0, 0.05) is 32.0 Å². The minimum atomic E-state index is -0.239. The van der Waals surface area contributed by atoms with Crippen LogP contribution in [-0.4, -0.2) is 27.3 Å². The highest BCUT2D eigenvalue weighted by Gasteiger charge is 2.25. The number of hydrogen-bond acceptors (Lipinski definition) is 5. The van der Waals surface area contributed by atoms with Crippen molar-refractivity contribution in [3.63, 3.8) is 0 Å². The number of aryl methyl sites for hydroxylation is 2. The van der Waals surface area contributed by atoms with Crippen molar-refractivity contribution < 1.29 is 9.21 Å². The van der Waals surface area contributed by atoms with Crippen LogP contribution in [0, 0.1) is 19.8 Å². The van der Waals surface area contributed by atoms with E-state index in [9.17, 15) is 4.79 Å². The van der Waals surface area contributed by atoms with Gasteiger partial charge in [-0.2, -0.15) is 0 Å². The van der Waals surface area contributed by atoms with E-state index in [1.165, 1.54) is 35.8 Å². The molecule has 1 aromatic carbocycles. The standard InChI is InChI=1S/C24H28N4O2/c1-17-5-6-18(2)21(10-17)14-28(13-19-7-8-19)15-23-27-22(16-30-23)24(29)26-12-20-4-3-9-25-11-20/h3-6,9-11,16,19H,7-8,12-15H2,1-2H3,(H,26,29). The summed E-state index contributed by atoms with van der Waals surface area (Å²) < 4.78 is 5.64. The van der Waals surface area contributed by atoms with Crippen molar-refractivity contribution in [1.82, 2.24) is 20.2 Å². The van der Waals surface area contributed by atoms with Gasteiger partial charge in [0.15, 0.2) is 5.69 Å². The molecule has 0 aliphatic heterocycles. The molecular weight excluding hydrogens is 376 g/mol. The molecule has 1 fully saturated rings. The lowest BCUT2D eigenvalue weighted by Crippen LogP contribution is -2.26. The molecule has 1 aliphatic carbocycles. The first-order valence-corrected chi connectivity index (χ1v) is 10.5. The fourth-order valence-electron chi connectivity index (χ4n) is 3.52. The first-order chi connectivity index (χ1) is 14.6. The van der Waals surface area contributed by atoms with Crippen molar-refractivity contribution in [1.29, 1.82) is 0 Å². The first-order valence-electron chi connectivity index (χ1n) is 10.5. The van der Waals surface area contributed by atoms with Gasteiger partial charge in [0.25, 0.3) is 5.91 Å². The van der Waals surface area contributed by atoms with E-state index < -0.39 is 0 Å². The maximum Gasteiger partial charge on any atom is 0.273 e. The molecule has 1 amide bonds. The number of nitrogens with one attached hydrogen (secondary N) is 1. The van der Waals surface area contributed by atoms with Crippen molar-refractivity contribution in [3.05, 3.63) is 82.8 Å². The number of amides is 1. The van der Waals surface area contributed by atoms with E-state index in [2.05, 4.69) is 52.2 Å². The number of oxazole rings is 1. The summed E-state index contributed by atoms with van der Waals surface area (Å²) in [5, 5.41) is 2.86. The molecule has 0 radical (unpaired) electrons. The van der Waals surface area contributed by atoms with Gasteiger partial charge in [0.1, 0.15) is 6.26 Å². The second-order valence-electron chi connectivity index (χ2n) is 8.21. The van der Waals surface area contributed by atoms with Crippen LogP contribution in [0.25, 0.3) is 0 Å². The number of benzene rings is 1. The molecule has 2 heterocycles. The molecule has 0 unspecified atom stereocenters. The summed E-state index contributed by atoms with van der Waals surface area (Å²) in [6.07, 6.45) is 7.47. The van der Waals surface area contributed by atoms with Gasteiger partial charge >= 0.3 is 0 Å². The molecule has 6 nitrogen and oxygen atoms in total. The Labute approximate surface area is 177 Å². The van der Waals surface area contributed by atoms with Crippen molar-refractivity contribution >= 4 is 5.91 Å². The molecule has 0 spiro atoms. The Balaban J connectivity index is 1.39. The maximum atomic E-state index is 12.4. The molecule has 0 saturated heterocycles. The molecule has 1 aliphatic rings. The van der Waals surface area contributed by atoms with Crippen LogP contribution >= 0.6 is 0 Å². The number of carbonyl (C=O) groups excluding carboxylic acids is 1. The van der Waals surface area contributed by atoms with Gasteiger partial charge in [-0.15, -0.1) is 0 Å². The molecule has 156 valence electrons. The monoisotopic (exact) mass is 404 g/mol. The molecule has 30 heavy (non-hydrogen) atoms. The highest BCUT2D eigenvalue weighted by atomic mass is 16.3. The summed E-state index contributed by atoms with van der Waals surface area (Å²) >= 11 is 0. The number of pyridine rings is 1. The average Bonchev–Trinajstić information content (AvgIpc) is 3.44. The fraction of sp³-hybridized carbons (Fsp3) is 0.375. The summed E-state index contributed by atoms with van der Waals surface area (Å²) in [7, 11) is 0. The first kappa shape index (κ1) is 20.3. The lowest BCUT2D eigenvalue weighted by Gasteiger charge is -2.22. The lowest BCUT2D eigenvalue weighted by molar-refractivity contribution is 0.0945. The van der Waals surface area contributed by atoms with Crippen LogP contribution in [0.1, 0.15) is 51.5 Å². The van der Waals surface area contributed by atoms with Gasteiger partial charge in [0.05, 0.1) is 6.54 Å². The SMILES string of the molecule is Cc1ccc(C)c(CN(Cc2nc(C(=O)NCc3cccnc3)co2)CC2CC2)c1. The second-order valence-corrected chi connectivity index (χ2v) is 8.21. The van der Waals surface area contributed by atoms with Gasteiger partial charge in [-0.25, -0.2) is 4.98 Å². The molecule has 4 rings (SSSR count). The Bertz CT molecular complexity index is 995. The van der Waals surface area contributed by atoms with Crippen molar-refractivity contribution in [2.75, 3.05) is 6.54 Å². The minimum absolute atomic E-state index is 0.239. The Morgan fingerprint density at radius 2 is 2.10 bits per heavy atom. The number of aromatic nitrogens is 2. The summed E-state index contributed by atoms with van der Waals surface area (Å²) in [5.41, 5.74) is 5.15. The molecular formula is C24H28N4O2. The highest BCUT2D eigenvalue weighted by Crippen LogP contribution is 2.31. The van der Waals surface area contributed by atoms with Crippen LogP contribution in [0.5, 0.6) is 0 Å². The number of rotatable bonds is 9. The molecule has 0 atom stereocenters. The van der Waals surface area contributed by atoms with Crippen LogP contribution in [-0.2, 0) is 19.6 Å². The highest BCUT2D eigenvalue weighted by molar-refractivity contribution is 5.91. The van der Waals surface area contributed by atoms with E-state index in [-0.39, 0.29) is 5.91 Å². The van der Waals surface area contributed by atoms with E-state index >= 15 is 0 Å². The van der Waals surface area contributed by atoms with Crippen LogP contribution in [0.3, 0.4) is 0 Å². The third kappa shape index (κ3) is 5.54. The zero-order chi connectivity index (χ0) is 20.9. The molecule has 6 heteroatoms. The van der Waals surface area contributed by atoms with Gasteiger partial charge in [-0.3, -0.25) is 14.7 Å². The van der Waals surface area contributed by atoms with E-state index in [1.54, 1.807) is 12.4 Å². The Morgan fingerprint density at radius 1 is 1.23 bits per heavy atom. The van der Waals surface area contributed by atoms with Gasteiger partial charge in [-0.1, -0.05) is 29.8 Å². The Kier molecular flexibility index (Phi) is 6.23. The van der Waals surface area contributed by atoms with Crippen LogP contribution in [0.4, 0.5) is 0 Å². The third-order valence-electron chi connectivity index (χ3n) is 5.43. The van der Waals surface area contributed by atoms with Crippen LogP contribution in [0.2, 0.25) is 0 Å². The quantitative estimate of drug-likeness (QED) is 0.583. The molecule has 2 aromatic heterocycles. The molecule has 1 saturated carbocycles. The maximum absolute atomic E-state index is 12.4. The van der Waals surface area contributed by atoms with Gasteiger partial charge < -0.3 is 9.73 Å². The summed E-state index contributed by atoms with van der Waals surface area (Å²) in [6, 6.07) is 10.3. The molecule has 3 aromatic rings. The fourth-order valence-corrected chi connectivity index (χ4v) is 3.52. The Hall–Kier alpha value is -2.99. The van der Waals surface area contributed by atoms with Gasteiger partial charge in [-0.05, 0) is 55.4 Å². The topological polar surface area (TPSA) is 71.3 Å². The summed E-state index contributed by atoms with van der Waals surface area (Å²) in [5.74, 6) is 1.09. The normalized spacial score (nSPS) is 13.6. The second kappa shape index (κ2) is 9.22. The molecule has 0 bridgehead atoms. The zero-order valence-electron chi connectivity index (χ0n) is 17.6. The minimum Gasteiger partial charge on any atom is -0.447 e. The number of carbonyl (C=O) groups is 1. The lowest BCUT2D eigenvalue weighted by atomic mass is 10.1. The predicted molar refractivity (Wildman–Crippen MR) is 115 cm³/mol. The number of nitrogens with zero attached hydrogens (tertiary/aromatic N) is 3. The van der Waals surface area contributed by atoms with Crippen LogP contribution < -0.4 is 5.32 Å². The van der Waals surface area contributed by atoms with Crippen molar-refractivity contribution in [3.8, 4) is 0 Å². The third-order valence-corrected chi connectivity index (χ3v) is 5.43. The Morgan fingerprint density at radius 3 is 2.87 bits per heavy atom. The van der Waals surface area contributed by atoms with Crippen LogP contribution in [0.15, 0.2) is 53.4 Å². The van der Waals surface area contributed by atoms with E-state index in [0.717, 1.165) is 24.6 Å². The largest absolute Gasteiger partial charge is 0.447 e. The van der Waals surface area contributed by atoms with Gasteiger partial charge in [0.2, 0.25) is 5.89 Å². The van der Waals surface area contributed by atoms with E-state index in [1.807, 2.05) is 12.1 Å². The smallest absolute Gasteiger partial charge is 0.273 e. The predicted octanol–water partition coefficient (Wildman–Crippen LogP) is 4.03.